The number of hydrogen-bond acceptors (Lipinski definition) is 2. The molecule has 5 heteroatoms. The van der Waals surface area contributed by atoms with Crippen molar-refractivity contribution in [2.45, 2.75) is 0 Å². The van der Waals surface area contributed by atoms with Crippen LogP contribution in [0.2, 0.25) is 0 Å². The van der Waals surface area contributed by atoms with Crippen LogP contribution >= 0.6 is 0 Å². The monoisotopic (exact) mass is 370 g/mol. The van der Waals surface area contributed by atoms with E-state index in [0.717, 1.165) is 0 Å². The maximum absolute atomic E-state index is 10.8. The van der Waals surface area contributed by atoms with E-state index in [4.69, 9.17) is 0 Å². The largest absolute Gasteiger partial charge is 3.00 e. The molecule has 0 saturated carbocycles. The van der Waals surface area contributed by atoms with Gasteiger partial charge in [-0.2, -0.15) is 0 Å². The van der Waals surface area contributed by atoms with Gasteiger partial charge < -0.3 is 44.4 Å². The Kier molecular flexibility index (Phi) is 15.0. The molecule has 12 heavy (non-hydrogen) atoms. The molecule has 0 amide bonds. The first-order valence-corrected chi connectivity index (χ1v) is 2.78. The van der Waals surface area contributed by atoms with Crippen LogP contribution in [0.3, 0.4) is 0 Å². The van der Waals surface area contributed by atoms with Crippen LogP contribution in [0.4, 0.5) is 5.69 Å². The van der Waals surface area contributed by atoms with Crippen molar-refractivity contribution < 1.29 is 65.3 Å². The Morgan fingerprint density at radius 2 is 1.67 bits per heavy atom. The zero-order chi connectivity index (χ0) is 6.69. The van der Waals surface area contributed by atoms with Gasteiger partial charge >= 0.3 is 26.2 Å². The molecule has 0 saturated heterocycles. The number of para-hydroxylation sites is 2. The third kappa shape index (κ3) is 5.33. The molecular formula is C7H8Br2NOZr. The average Bonchev–Trinajstić information content (AvgIpc) is 1.89. The molecule has 1 rings (SSSR count). The molecule has 1 N–H and O–H groups in total. The van der Waals surface area contributed by atoms with E-state index >= 15 is 0 Å². The van der Waals surface area contributed by atoms with Crippen molar-refractivity contribution in [2.24, 2.45) is 0 Å². The van der Waals surface area contributed by atoms with E-state index in [0.29, 0.717) is 5.69 Å². The van der Waals surface area contributed by atoms with E-state index in [9.17, 15) is 5.11 Å². The summed E-state index contributed by atoms with van der Waals surface area (Å²) in [5.41, 5.74) is 0.650. The molecule has 0 atom stereocenters. The minimum absolute atomic E-state index is 0. The smallest absolute Gasteiger partial charge is 1.00 e. The van der Waals surface area contributed by atoms with Gasteiger partial charge in [0.2, 0.25) is 0 Å². The number of rotatable bonds is 1. The van der Waals surface area contributed by atoms with Gasteiger partial charge in [-0.3, -0.25) is 0 Å². The standard InChI is InChI=1S/C7H9NO.2BrH.Zr/c1-8-6-4-2-3-5-7(6)9;;;/h2-5,8-9H,1H3;2*1H;/q;;;+3/p-3. The Morgan fingerprint density at radius 1 is 1.17 bits per heavy atom. The summed E-state index contributed by atoms with van der Waals surface area (Å²) in [6, 6.07) is 6.84. The zero-order valence-electron chi connectivity index (χ0n) is 6.47. The molecule has 0 aliphatic rings. The van der Waals surface area contributed by atoms with E-state index in [1.54, 1.807) is 19.2 Å². The molecule has 0 aliphatic carbocycles. The third-order valence-electron chi connectivity index (χ3n) is 1.16. The quantitative estimate of drug-likeness (QED) is 0.535. The topological polar surface area (TPSA) is 35.1 Å². The van der Waals surface area contributed by atoms with Gasteiger partial charge in [0.05, 0.1) is 0 Å². The summed E-state index contributed by atoms with van der Waals surface area (Å²) in [7, 11) is 1.73. The Hall–Kier alpha value is 0.663. The first kappa shape index (κ1) is 18.4. The first-order chi connectivity index (χ1) is 4.34. The summed E-state index contributed by atoms with van der Waals surface area (Å²) < 4.78 is 0. The van der Waals surface area contributed by atoms with E-state index in [1.165, 1.54) is 6.07 Å². The van der Waals surface area contributed by atoms with Crippen LogP contribution in [-0.4, -0.2) is 7.05 Å². The molecule has 0 aromatic heterocycles. The predicted octanol–water partition coefficient (Wildman–Crippen LogP) is -5.19. The van der Waals surface area contributed by atoms with Crippen molar-refractivity contribution >= 4 is 5.69 Å². The second kappa shape index (κ2) is 9.75. The number of benzene rings is 1. The van der Waals surface area contributed by atoms with E-state index in [-0.39, 0.29) is 65.9 Å². The molecule has 0 spiro atoms. The van der Waals surface area contributed by atoms with E-state index in [2.05, 4.69) is 5.32 Å². The summed E-state index contributed by atoms with van der Waals surface area (Å²) in [5.74, 6) is 0.0417. The molecule has 1 radical (unpaired) electrons. The summed E-state index contributed by atoms with van der Waals surface area (Å²) in [4.78, 5) is 0. The fourth-order valence-corrected chi connectivity index (χ4v) is 0.673. The zero-order valence-corrected chi connectivity index (χ0v) is 12.1. The van der Waals surface area contributed by atoms with Crippen molar-refractivity contribution in [3.05, 3.63) is 24.3 Å². The summed E-state index contributed by atoms with van der Waals surface area (Å²) in [6.45, 7) is 0. The molecule has 0 unspecified atom stereocenters. The minimum atomic E-state index is 0. The van der Waals surface area contributed by atoms with Crippen molar-refractivity contribution in [1.82, 2.24) is 0 Å². The SMILES string of the molecule is CNc1ccccc1[O-].[Br-].[Br-].[Zr+3]. The van der Waals surface area contributed by atoms with Gasteiger partial charge in [0.15, 0.2) is 0 Å². The second-order valence-corrected chi connectivity index (χ2v) is 1.75. The van der Waals surface area contributed by atoms with E-state index < -0.39 is 0 Å². The first-order valence-electron chi connectivity index (χ1n) is 2.78. The number of hydrogen-bond donors (Lipinski definition) is 1. The maximum Gasteiger partial charge on any atom is 3.00 e. The fourth-order valence-electron chi connectivity index (χ4n) is 0.673. The predicted molar refractivity (Wildman–Crippen MR) is 35.4 cm³/mol. The molecule has 2 nitrogen and oxygen atoms in total. The minimum Gasteiger partial charge on any atom is -1.00 e. The summed E-state index contributed by atoms with van der Waals surface area (Å²) in [5, 5.41) is 13.6. The van der Waals surface area contributed by atoms with Crippen LogP contribution in [0.1, 0.15) is 0 Å². The normalized spacial score (nSPS) is 6.75. The van der Waals surface area contributed by atoms with Crippen LogP contribution in [0.5, 0.6) is 5.75 Å². The Balaban J connectivity index is -0.000000270. The van der Waals surface area contributed by atoms with Crippen LogP contribution < -0.4 is 44.4 Å². The van der Waals surface area contributed by atoms with Crippen molar-refractivity contribution in [1.29, 1.82) is 0 Å². The molecule has 0 bridgehead atoms. The number of nitrogens with one attached hydrogen (secondary N) is 1. The van der Waals surface area contributed by atoms with Gasteiger partial charge in [-0.1, -0.05) is 23.9 Å². The second-order valence-electron chi connectivity index (χ2n) is 1.75. The molecule has 0 aliphatic heterocycles. The summed E-state index contributed by atoms with van der Waals surface area (Å²) in [6.07, 6.45) is 0. The van der Waals surface area contributed by atoms with Gasteiger partial charge in [-0.25, -0.2) is 0 Å². The van der Waals surface area contributed by atoms with Gasteiger partial charge in [0, 0.05) is 12.7 Å². The van der Waals surface area contributed by atoms with Gasteiger partial charge in [-0.05, 0) is 6.07 Å². The Labute approximate surface area is 112 Å². The molecule has 0 fully saturated rings. The van der Waals surface area contributed by atoms with Crippen LogP contribution in [0, 0.1) is 0 Å². The number of halogens is 2. The Bertz CT molecular complexity index is 210. The molecule has 1 aromatic rings. The third-order valence-corrected chi connectivity index (χ3v) is 1.16. The molecule has 0 heterocycles. The number of anilines is 1. The van der Waals surface area contributed by atoms with Crippen LogP contribution in [-0.2, 0) is 26.2 Å². The average molecular weight is 373 g/mol. The summed E-state index contributed by atoms with van der Waals surface area (Å²) >= 11 is 0. The molecule has 65 valence electrons. The maximum atomic E-state index is 10.8. The van der Waals surface area contributed by atoms with Crippen molar-refractivity contribution in [3.63, 3.8) is 0 Å². The van der Waals surface area contributed by atoms with E-state index in [1.807, 2.05) is 6.07 Å². The van der Waals surface area contributed by atoms with Crippen molar-refractivity contribution in [3.8, 4) is 5.75 Å². The fraction of sp³-hybridized carbons (Fsp3) is 0.143. The Morgan fingerprint density at radius 3 is 2.00 bits per heavy atom. The van der Waals surface area contributed by atoms with Gasteiger partial charge in [0.25, 0.3) is 0 Å². The van der Waals surface area contributed by atoms with Crippen molar-refractivity contribution in [2.75, 3.05) is 12.4 Å². The van der Waals surface area contributed by atoms with Gasteiger partial charge in [0.1, 0.15) is 0 Å². The molecular weight excluding hydrogens is 365 g/mol. The van der Waals surface area contributed by atoms with Crippen LogP contribution in [0.25, 0.3) is 0 Å². The van der Waals surface area contributed by atoms with Crippen LogP contribution in [0.15, 0.2) is 24.3 Å². The molecule has 1 aromatic carbocycles. The van der Waals surface area contributed by atoms with Gasteiger partial charge in [-0.15, -0.1) is 0 Å².